The van der Waals surface area contributed by atoms with Gasteiger partial charge >= 0.3 is 0 Å². The molecule has 0 aromatic carbocycles. The monoisotopic (exact) mass is 352 g/mol. The fraction of sp³-hybridized carbons (Fsp3) is 1.00. The molecular weight excluding hydrogens is 308 g/mol. The lowest BCUT2D eigenvalue weighted by Gasteiger charge is -2.44. The normalized spacial score (nSPS) is 47.1. The Kier molecular flexibility index (Phi) is 7.60. The molecule has 9 unspecified atom stereocenters. The number of fused-ring (bicyclic) bond motifs is 9. The molecule has 0 nitrogen and oxygen atoms in total. The molecule has 4 bridgehead atoms. The van der Waals surface area contributed by atoms with Crippen molar-refractivity contribution in [2.45, 2.75) is 86.3 Å². The molecule has 0 saturated heterocycles. The number of hydrogen-bond acceptors (Lipinski definition) is 1. The lowest BCUT2D eigenvalue weighted by Crippen LogP contribution is -2.40. The molecule has 142 valence electrons. The highest BCUT2D eigenvalue weighted by Crippen LogP contribution is 2.71. The Bertz CT molecular complexity index is 376. The molecule has 0 aliphatic heterocycles. The Morgan fingerprint density at radius 1 is 0.875 bits per heavy atom. The van der Waals surface area contributed by atoms with E-state index >= 15 is 0 Å². The molecule has 4 aliphatic carbocycles. The highest BCUT2D eigenvalue weighted by atomic mass is 32.2. The lowest BCUT2D eigenvalue weighted by atomic mass is 9.63. The SMILES string of the molecule is CC.CC.CCC1C(C)C2CC1C1C3CC(SCC(C)C)C(C3)C21. The predicted octanol–water partition coefficient (Wildman–Crippen LogP) is 7.38. The Balaban J connectivity index is 0.000000487. The number of hydrogen-bond donors (Lipinski definition) is 0. The van der Waals surface area contributed by atoms with E-state index in [1.165, 1.54) is 18.1 Å². The van der Waals surface area contributed by atoms with Crippen molar-refractivity contribution in [3.63, 3.8) is 0 Å². The fourth-order valence-electron chi connectivity index (χ4n) is 7.17. The highest BCUT2D eigenvalue weighted by Gasteiger charge is 2.66. The smallest absolute Gasteiger partial charge is 0.00811 e. The molecule has 0 amide bonds. The molecule has 0 radical (unpaired) electrons. The van der Waals surface area contributed by atoms with Crippen LogP contribution in [0.15, 0.2) is 0 Å². The van der Waals surface area contributed by atoms with Crippen molar-refractivity contribution in [3.05, 3.63) is 0 Å². The van der Waals surface area contributed by atoms with Gasteiger partial charge in [-0.25, -0.2) is 0 Å². The first kappa shape index (κ1) is 20.7. The van der Waals surface area contributed by atoms with Crippen molar-refractivity contribution in [2.24, 2.45) is 53.3 Å². The summed E-state index contributed by atoms with van der Waals surface area (Å²) in [5.41, 5.74) is 0. The van der Waals surface area contributed by atoms with Crippen LogP contribution in [0.2, 0.25) is 0 Å². The quantitative estimate of drug-likeness (QED) is 0.475. The van der Waals surface area contributed by atoms with E-state index in [-0.39, 0.29) is 0 Å². The summed E-state index contributed by atoms with van der Waals surface area (Å²) in [6.07, 6.45) is 6.26. The summed E-state index contributed by atoms with van der Waals surface area (Å²) in [5.74, 6) is 11.2. The molecule has 4 aliphatic rings. The Labute approximate surface area is 157 Å². The van der Waals surface area contributed by atoms with E-state index < -0.39 is 0 Å². The van der Waals surface area contributed by atoms with Gasteiger partial charge in [0.15, 0.2) is 0 Å². The van der Waals surface area contributed by atoms with Crippen LogP contribution in [0.5, 0.6) is 0 Å². The molecule has 4 fully saturated rings. The van der Waals surface area contributed by atoms with Gasteiger partial charge in [0.2, 0.25) is 0 Å². The van der Waals surface area contributed by atoms with Crippen molar-refractivity contribution in [3.8, 4) is 0 Å². The van der Waals surface area contributed by atoms with E-state index in [9.17, 15) is 0 Å². The third-order valence-corrected chi connectivity index (χ3v) is 9.45. The summed E-state index contributed by atoms with van der Waals surface area (Å²) < 4.78 is 0. The molecule has 0 spiro atoms. The van der Waals surface area contributed by atoms with Gasteiger partial charge in [-0.3, -0.25) is 0 Å². The van der Waals surface area contributed by atoms with Crippen LogP contribution in [0, 0.1) is 53.3 Å². The minimum absolute atomic E-state index is 0.873. The first-order valence-electron chi connectivity index (χ1n) is 11.2. The first-order chi connectivity index (χ1) is 11.6. The number of thioether (sulfide) groups is 1. The van der Waals surface area contributed by atoms with Gasteiger partial charge in [-0.1, -0.05) is 61.8 Å². The van der Waals surface area contributed by atoms with Crippen LogP contribution in [0.1, 0.15) is 81.1 Å². The minimum Gasteiger partial charge on any atom is -0.158 e. The van der Waals surface area contributed by atoms with Crippen LogP contribution in [0.3, 0.4) is 0 Å². The Hall–Kier alpha value is 0.350. The van der Waals surface area contributed by atoms with E-state index in [2.05, 4.69) is 39.5 Å². The molecule has 0 aromatic heterocycles. The molecule has 0 N–H and O–H groups in total. The first-order valence-corrected chi connectivity index (χ1v) is 12.3. The largest absolute Gasteiger partial charge is 0.158 e. The van der Waals surface area contributed by atoms with Gasteiger partial charge in [-0.15, -0.1) is 0 Å². The molecule has 4 saturated carbocycles. The summed E-state index contributed by atoms with van der Waals surface area (Å²) in [4.78, 5) is 0. The zero-order valence-corrected chi connectivity index (χ0v) is 18.5. The Morgan fingerprint density at radius 2 is 1.54 bits per heavy atom. The predicted molar refractivity (Wildman–Crippen MR) is 112 cm³/mol. The summed E-state index contributed by atoms with van der Waals surface area (Å²) >= 11 is 2.34. The van der Waals surface area contributed by atoms with E-state index in [0.717, 1.165) is 52.6 Å². The van der Waals surface area contributed by atoms with Gasteiger partial charge in [-0.2, -0.15) is 11.8 Å². The maximum atomic E-state index is 2.59. The van der Waals surface area contributed by atoms with Gasteiger partial charge in [0.25, 0.3) is 0 Å². The van der Waals surface area contributed by atoms with E-state index in [1.54, 1.807) is 19.3 Å². The average molecular weight is 353 g/mol. The molecule has 0 aromatic rings. The van der Waals surface area contributed by atoms with Gasteiger partial charge in [-0.05, 0) is 78.3 Å². The molecule has 4 rings (SSSR count). The summed E-state index contributed by atoms with van der Waals surface area (Å²) in [6.45, 7) is 17.8. The molecule has 0 heterocycles. The van der Waals surface area contributed by atoms with Crippen molar-refractivity contribution >= 4 is 11.8 Å². The molecule has 9 atom stereocenters. The zero-order chi connectivity index (χ0) is 18.0. The average Bonchev–Trinajstić information content (AvgIpc) is 3.33. The fourth-order valence-corrected chi connectivity index (χ4v) is 8.73. The van der Waals surface area contributed by atoms with E-state index in [0.29, 0.717) is 0 Å². The van der Waals surface area contributed by atoms with Gasteiger partial charge < -0.3 is 0 Å². The van der Waals surface area contributed by atoms with Gasteiger partial charge in [0, 0.05) is 5.25 Å². The van der Waals surface area contributed by atoms with Gasteiger partial charge in [0.1, 0.15) is 0 Å². The lowest BCUT2D eigenvalue weighted by molar-refractivity contribution is 0.0641. The second kappa shape index (κ2) is 8.83. The van der Waals surface area contributed by atoms with Crippen LogP contribution >= 0.6 is 11.8 Å². The molecule has 24 heavy (non-hydrogen) atoms. The van der Waals surface area contributed by atoms with Gasteiger partial charge in [0.05, 0.1) is 0 Å². The Morgan fingerprint density at radius 3 is 2.12 bits per heavy atom. The molecule has 1 heteroatoms. The topological polar surface area (TPSA) is 0 Å². The van der Waals surface area contributed by atoms with Crippen LogP contribution in [-0.4, -0.2) is 11.0 Å². The summed E-state index contributed by atoms with van der Waals surface area (Å²) in [5, 5.41) is 1.04. The van der Waals surface area contributed by atoms with Crippen LogP contribution in [0.25, 0.3) is 0 Å². The second-order valence-electron chi connectivity index (χ2n) is 8.81. The maximum Gasteiger partial charge on any atom is 0.00811 e. The third kappa shape index (κ3) is 3.33. The van der Waals surface area contributed by atoms with Crippen molar-refractivity contribution in [1.82, 2.24) is 0 Å². The summed E-state index contributed by atoms with van der Waals surface area (Å²) in [6, 6.07) is 0. The van der Waals surface area contributed by atoms with Crippen LogP contribution in [0.4, 0.5) is 0 Å². The van der Waals surface area contributed by atoms with Crippen molar-refractivity contribution < 1.29 is 0 Å². The second-order valence-corrected chi connectivity index (χ2v) is 10.1. The highest BCUT2D eigenvalue weighted by molar-refractivity contribution is 7.99. The van der Waals surface area contributed by atoms with Crippen LogP contribution in [-0.2, 0) is 0 Å². The minimum atomic E-state index is 0.873. The van der Waals surface area contributed by atoms with E-state index in [1.807, 2.05) is 27.7 Å². The maximum absolute atomic E-state index is 2.59. The summed E-state index contributed by atoms with van der Waals surface area (Å²) in [7, 11) is 0. The van der Waals surface area contributed by atoms with Crippen molar-refractivity contribution in [2.75, 3.05) is 5.75 Å². The van der Waals surface area contributed by atoms with Crippen molar-refractivity contribution in [1.29, 1.82) is 0 Å². The number of rotatable bonds is 4. The third-order valence-electron chi connectivity index (χ3n) is 7.62. The van der Waals surface area contributed by atoms with E-state index in [4.69, 9.17) is 0 Å². The standard InChI is InChI=1S/C19H32S.2C2H6/c1-5-13-11(4)14-8-15(13)18-12-6-16(19(14)18)17(7-12)20-9-10(2)3;2*1-2/h10-19H,5-9H2,1-4H3;2*1-2H3. The zero-order valence-electron chi connectivity index (χ0n) is 17.7. The molecular formula is C23H44S. The van der Waals surface area contributed by atoms with Crippen LogP contribution < -0.4 is 0 Å².